The highest BCUT2D eigenvalue weighted by Crippen LogP contribution is 2.33. The van der Waals surface area contributed by atoms with Crippen LogP contribution in [-0.4, -0.2) is 12.6 Å². The van der Waals surface area contributed by atoms with Crippen LogP contribution in [0.1, 0.15) is 24.8 Å². The van der Waals surface area contributed by atoms with Crippen LogP contribution in [0.25, 0.3) is 0 Å². The summed E-state index contributed by atoms with van der Waals surface area (Å²) in [6.45, 7) is 0.747. The maximum absolute atomic E-state index is 8.77. The van der Waals surface area contributed by atoms with Crippen LogP contribution in [0.2, 0.25) is 0 Å². The number of benzene rings is 1. The molecule has 4 heteroatoms. The van der Waals surface area contributed by atoms with E-state index in [0.717, 1.165) is 17.8 Å². The molecule has 1 aromatic carbocycles. The topological polar surface area (TPSA) is 76.8 Å². The van der Waals surface area contributed by atoms with Gasteiger partial charge in [-0.25, -0.2) is 0 Å². The van der Waals surface area contributed by atoms with E-state index in [0.29, 0.717) is 24.6 Å². The molecule has 1 fully saturated rings. The van der Waals surface area contributed by atoms with E-state index in [1.165, 1.54) is 12.8 Å². The molecule has 0 amide bonds. The third-order valence-corrected chi connectivity index (χ3v) is 3.18. The lowest BCUT2D eigenvalue weighted by Gasteiger charge is -2.24. The summed E-state index contributed by atoms with van der Waals surface area (Å²) in [6.07, 6.45) is 3.22. The molecular weight excluding hydrogens is 224 g/mol. The zero-order valence-corrected chi connectivity index (χ0v) is 10.3. The van der Waals surface area contributed by atoms with Gasteiger partial charge in [-0.15, -0.1) is 0 Å². The van der Waals surface area contributed by atoms with Crippen LogP contribution < -0.4 is 10.6 Å². The van der Waals surface area contributed by atoms with Crippen molar-refractivity contribution in [2.75, 3.05) is 17.2 Å². The van der Waals surface area contributed by atoms with Crippen molar-refractivity contribution in [2.24, 2.45) is 0 Å². The molecule has 92 valence electrons. The van der Waals surface area contributed by atoms with Gasteiger partial charge >= 0.3 is 0 Å². The van der Waals surface area contributed by atoms with Crippen LogP contribution >= 0.6 is 0 Å². The highest BCUT2D eigenvalue weighted by Gasteiger charge is 2.29. The summed E-state index contributed by atoms with van der Waals surface area (Å²) in [6, 6.07) is 10.7. The molecule has 0 bridgehead atoms. The van der Waals surface area contributed by atoms with Gasteiger partial charge in [0.25, 0.3) is 0 Å². The number of nitriles is 2. The number of nitrogen functional groups attached to an aromatic ring is 1. The lowest BCUT2D eigenvalue weighted by Crippen LogP contribution is -2.26. The molecule has 0 saturated heterocycles. The smallest absolute Gasteiger partial charge is 0.0670 e. The molecule has 1 aliphatic rings. The van der Waals surface area contributed by atoms with Gasteiger partial charge in [0.2, 0.25) is 0 Å². The second-order valence-electron chi connectivity index (χ2n) is 4.55. The van der Waals surface area contributed by atoms with Gasteiger partial charge < -0.3 is 10.6 Å². The van der Waals surface area contributed by atoms with Crippen LogP contribution in [0.4, 0.5) is 11.4 Å². The molecule has 2 N–H and O–H groups in total. The van der Waals surface area contributed by atoms with Crippen LogP contribution in [0.3, 0.4) is 0 Å². The molecule has 0 spiro atoms. The minimum absolute atomic E-state index is 0.330. The van der Waals surface area contributed by atoms with Gasteiger partial charge in [-0.3, -0.25) is 0 Å². The normalized spacial score (nSPS) is 13.7. The van der Waals surface area contributed by atoms with Gasteiger partial charge in [-0.05, 0) is 36.6 Å². The molecule has 0 aliphatic heterocycles. The molecule has 0 atom stereocenters. The average Bonchev–Trinajstić information content (AvgIpc) is 3.18. The Morgan fingerprint density at radius 2 is 2.06 bits per heavy atom. The molecule has 4 nitrogen and oxygen atoms in total. The highest BCUT2D eigenvalue weighted by atomic mass is 15.2. The predicted molar refractivity (Wildman–Crippen MR) is 70.8 cm³/mol. The fourth-order valence-corrected chi connectivity index (χ4v) is 2.09. The Bertz CT molecular complexity index is 506. The Balaban J connectivity index is 2.22. The first-order chi connectivity index (χ1) is 8.76. The van der Waals surface area contributed by atoms with Gasteiger partial charge in [0.05, 0.1) is 25.0 Å². The van der Waals surface area contributed by atoms with Crippen molar-refractivity contribution in [3.05, 3.63) is 23.8 Å². The summed E-state index contributed by atoms with van der Waals surface area (Å²) in [5, 5.41) is 17.5. The minimum atomic E-state index is 0.330. The monoisotopic (exact) mass is 240 g/mol. The Morgan fingerprint density at radius 3 is 2.67 bits per heavy atom. The van der Waals surface area contributed by atoms with Crippen LogP contribution in [0.5, 0.6) is 0 Å². The lowest BCUT2D eigenvalue weighted by atomic mass is 10.1. The maximum atomic E-state index is 8.77. The Labute approximate surface area is 107 Å². The van der Waals surface area contributed by atoms with E-state index in [1.54, 1.807) is 0 Å². The quantitative estimate of drug-likeness (QED) is 0.800. The van der Waals surface area contributed by atoms with E-state index in [-0.39, 0.29) is 0 Å². The number of anilines is 2. The zero-order valence-electron chi connectivity index (χ0n) is 10.3. The van der Waals surface area contributed by atoms with E-state index in [1.807, 2.05) is 18.2 Å². The predicted octanol–water partition coefficient (Wildman–Crippen LogP) is 2.22. The van der Waals surface area contributed by atoms with E-state index < -0.39 is 0 Å². The van der Waals surface area contributed by atoms with Gasteiger partial charge in [0, 0.05) is 24.0 Å². The zero-order chi connectivity index (χ0) is 13.0. The fourth-order valence-electron chi connectivity index (χ4n) is 2.09. The minimum Gasteiger partial charge on any atom is -0.398 e. The SMILES string of the molecule is N#CCCN(c1ccc(N)c(CC#N)c1)C1CC1. The summed E-state index contributed by atoms with van der Waals surface area (Å²) in [4.78, 5) is 2.25. The summed E-state index contributed by atoms with van der Waals surface area (Å²) >= 11 is 0. The Morgan fingerprint density at radius 1 is 1.28 bits per heavy atom. The summed E-state index contributed by atoms with van der Waals surface area (Å²) in [5.74, 6) is 0. The standard InChI is InChI=1S/C14H16N4/c15-7-1-9-18(12-2-3-12)13-4-5-14(17)11(10-13)6-8-16/h4-5,10,12H,1-3,6,9,17H2. The summed E-state index contributed by atoms with van der Waals surface area (Å²) in [5.41, 5.74) is 8.46. The number of nitrogens with two attached hydrogens (primary N) is 1. The number of nitrogens with zero attached hydrogens (tertiary/aromatic N) is 3. The van der Waals surface area contributed by atoms with Crippen LogP contribution in [0, 0.1) is 22.7 Å². The molecule has 0 heterocycles. The van der Waals surface area contributed by atoms with Gasteiger partial charge in [0.1, 0.15) is 0 Å². The van der Waals surface area contributed by atoms with Crippen molar-refractivity contribution in [1.29, 1.82) is 10.5 Å². The largest absolute Gasteiger partial charge is 0.398 e. The third-order valence-electron chi connectivity index (χ3n) is 3.18. The fraction of sp³-hybridized carbons (Fsp3) is 0.429. The molecular formula is C14H16N4. The number of hydrogen-bond acceptors (Lipinski definition) is 4. The Kier molecular flexibility index (Phi) is 3.69. The molecule has 1 aromatic rings. The van der Waals surface area contributed by atoms with E-state index in [2.05, 4.69) is 17.0 Å². The van der Waals surface area contributed by atoms with Crippen molar-refractivity contribution in [2.45, 2.75) is 31.7 Å². The summed E-state index contributed by atoms with van der Waals surface area (Å²) < 4.78 is 0. The van der Waals surface area contributed by atoms with Gasteiger partial charge in [-0.1, -0.05) is 0 Å². The first-order valence-electron chi connectivity index (χ1n) is 6.15. The van der Waals surface area contributed by atoms with Crippen molar-refractivity contribution < 1.29 is 0 Å². The molecule has 0 unspecified atom stereocenters. The summed E-state index contributed by atoms with van der Waals surface area (Å²) in [7, 11) is 0. The van der Waals surface area contributed by atoms with Crippen molar-refractivity contribution in [3.63, 3.8) is 0 Å². The molecule has 18 heavy (non-hydrogen) atoms. The van der Waals surface area contributed by atoms with Gasteiger partial charge in [0.15, 0.2) is 0 Å². The van der Waals surface area contributed by atoms with E-state index >= 15 is 0 Å². The molecule has 1 saturated carbocycles. The molecule has 2 rings (SSSR count). The molecule has 1 aliphatic carbocycles. The molecule has 0 aromatic heterocycles. The number of rotatable bonds is 5. The molecule has 0 radical (unpaired) electrons. The Hall–Kier alpha value is -2.20. The third kappa shape index (κ3) is 2.73. The van der Waals surface area contributed by atoms with Gasteiger partial charge in [-0.2, -0.15) is 10.5 Å². The van der Waals surface area contributed by atoms with Crippen molar-refractivity contribution >= 4 is 11.4 Å². The first-order valence-corrected chi connectivity index (χ1v) is 6.15. The second kappa shape index (κ2) is 5.42. The highest BCUT2D eigenvalue weighted by molar-refractivity contribution is 5.60. The van der Waals surface area contributed by atoms with Crippen LogP contribution in [-0.2, 0) is 6.42 Å². The average molecular weight is 240 g/mol. The first kappa shape index (κ1) is 12.3. The van der Waals surface area contributed by atoms with Crippen LogP contribution in [0.15, 0.2) is 18.2 Å². The van der Waals surface area contributed by atoms with Crippen molar-refractivity contribution in [3.8, 4) is 12.1 Å². The van der Waals surface area contributed by atoms with Crippen molar-refractivity contribution in [1.82, 2.24) is 0 Å². The second-order valence-corrected chi connectivity index (χ2v) is 4.55. The van der Waals surface area contributed by atoms with E-state index in [4.69, 9.17) is 16.3 Å². The van der Waals surface area contributed by atoms with E-state index in [9.17, 15) is 0 Å². The number of hydrogen-bond donors (Lipinski definition) is 1. The maximum Gasteiger partial charge on any atom is 0.0670 e. The lowest BCUT2D eigenvalue weighted by molar-refractivity contribution is 0.792.